The Bertz CT molecular complexity index is 1270. The van der Waals surface area contributed by atoms with Crippen molar-refractivity contribution >= 4 is 45.2 Å². The van der Waals surface area contributed by atoms with Crippen molar-refractivity contribution in [2.45, 2.75) is 20.3 Å². The molecule has 3 aromatic rings. The Morgan fingerprint density at radius 2 is 2.00 bits per heavy atom. The van der Waals surface area contributed by atoms with Crippen molar-refractivity contribution in [1.29, 1.82) is 5.26 Å². The average molecular weight is 528 g/mol. The second kappa shape index (κ2) is 11.1. The van der Waals surface area contributed by atoms with Gasteiger partial charge in [-0.25, -0.2) is 4.39 Å². The maximum absolute atomic E-state index is 14.2. The SMILES string of the molecule is CCOc1cc(/C=C(\C#N)C(=O)Nc2cc(Cl)ccc2C)cc(Br)c1Cc1ccccc1F. The summed E-state index contributed by atoms with van der Waals surface area (Å²) in [6.45, 7) is 4.09. The number of carbonyl (C=O) groups is 1. The minimum atomic E-state index is -0.549. The molecule has 0 saturated carbocycles. The smallest absolute Gasteiger partial charge is 0.266 e. The van der Waals surface area contributed by atoms with E-state index in [1.807, 2.05) is 19.9 Å². The molecule has 0 atom stereocenters. The molecule has 1 amide bonds. The molecule has 4 nitrogen and oxygen atoms in total. The number of nitrogens with zero attached hydrogens (tertiary/aromatic N) is 1. The third kappa shape index (κ3) is 6.22. The van der Waals surface area contributed by atoms with Crippen LogP contribution in [-0.4, -0.2) is 12.5 Å². The summed E-state index contributed by atoms with van der Waals surface area (Å²) < 4.78 is 20.7. The lowest BCUT2D eigenvalue weighted by Crippen LogP contribution is -2.14. The highest BCUT2D eigenvalue weighted by molar-refractivity contribution is 9.10. The highest BCUT2D eigenvalue weighted by atomic mass is 79.9. The molecule has 3 rings (SSSR count). The number of hydrogen-bond donors (Lipinski definition) is 1. The second-order valence-corrected chi connectivity index (χ2v) is 8.55. The zero-order valence-electron chi connectivity index (χ0n) is 18.1. The van der Waals surface area contributed by atoms with Crippen molar-refractivity contribution in [2.75, 3.05) is 11.9 Å². The van der Waals surface area contributed by atoms with Gasteiger partial charge in [0, 0.05) is 27.2 Å². The molecule has 0 heterocycles. The minimum absolute atomic E-state index is 0.0782. The molecule has 0 aliphatic rings. The highest BCUT2D eigenvalue weighted by Gasteiger charge is 2.16. The minimum Gasteiger partial charge on any atom is -0.494 e. The van der Waals surface area contributed by atoms with Crippen LogP contribution in [0.25, 0.3) is 6.08 Å². The Hall–Kier alpha value is -3.14. The van der Waals surface area contributed by atoms with E-state index in [1.54, 1.807) is 48.5 Å². The molecule has 0 aliphatic carbocycles. The first-order valence-corrected chi connectivity index (χ1v) is 11.4. The van der Waals surface area contributed by atoms with Crippen LogP contribution in [0.15, 0.2) is 64.6 Å². The lowest BCUT2D eigenvalue weighted by Gasteiger charge is -2.14. The maximum atomic E-state index is 14.2. The van der Waals surface area contributed by atoms with Crippen LogP contribution in [0.2, 0.25) is 5.02 Å². The summed E-state index contributed by atoms with van der Waals surface area (Å²) in [7, 11) is 0. The van der Waals surface area contributed by atoms with Gasteiger partial charge < -0.3 is 10.1 Å². The van der Waals surface area contributed by atoms with Gasteiger partial charge in [-0.3, -0.25) is 4.79 Å². The molecule has 0 spiro atoms. The number of carbonyl (C=O) groups excluding carboxylic acids is 1. The summed E-state index contributed by atoms with van der Waals surface area (Å²) in [5.41, 5.74) is 3.18. The topological polar surface area (TPSA) is 62.1 Å². The number of rotatable bonds is 7. The molecular weight excluding hydrogens is 507 g/mol. The van der Waals surface area contributed by atoms with E-state index in [0.29, 0.717) is 45.1 Å². The van der Waals surface area contributed by atoms with Crippen molar-refractivity contribution in [3.63, 3.8) is 0 Å². The van der Waals surface area contributed by atoms with E-state index < -0.39 is 5.91 Å². The molecule has 0 unspecified atom stereocenters. The summed E-state index contributed by atoms with van der Waals surface area (Å²) in [4.78, 5) is 12.7. The average Bonchev–Trinajstić information content (AvgIpc) is 2.78. The Morgan fingerprint density at radius 1 is 1.24 bits per heavy atom. The van der Waals surface area contributed by atoms with Gasteiger partial charge in [0.05, 0.1) is 6.61 Å². The van der Waals surface area contributed by atoms with Crippen LogP contribution in [0, 0.1) is 24.1 Å². The summed E-state index contributed by atoms with van der Waals surface area (Å²) >= 11 is 9.56. The van der Waals surface area contributed by atoms with Crippen molar-refractivity contribution in [2.24, 2.45) is 0 Å². The number of anilines is 1. The lowest BCUT2D eigenvalue weighted by molar-refractivity contribution is -0.112. The molecule has 33 heavy (non-hydrogen) atoms. The number of amides is 1. The number of benzene rings is 3. The van der Waals surface area contributed by atoms with Crippen LogP contribution >= 0.6 is 27.5 Å². The molecule has 0 fully saturated rings. The first kappa shape index (κ1) is 24.5. The zero-order valence-corrected chi connectivity index (χ0v) is 20.4. The third-order valence-electron chi connectivity index (χ3n) is 4.93. The first-order chi connectivity index (χ1) is 15.8. The van der Waals surface area contributed by atoms with Crippen LogP contribution in [0.5, 0.6) is 5.75 Å². The van der Waals surface area contributed by atoms with E-state index in [9.17, 15) is 14.4 Å². The van der Waals surface area contributed by atoms with Gasteiger partial charge in [-0.15, -0.1) is 0 Å². The number of halogens is 3. The molecule has 0 bridgehead atoms. The molecule has 168 valence electrons. The predicted octanol–water partition coefficient (Wildman–Crippen LogP) is 7.09. The molecule has 0 saturated heterocycles. The molecule has 0 aliphatic heterocycles. The van der Waals surface area contributed by atoms with Crippen LogP contribution in [0.1, 0.15) is 29.2 Å². The van der Waals surface area contributed by atoms with E-state index in [2.05, 4.69) is 21.2 Å². The van der Waals surface area contributed by atoms with Gasteiger partial charge in [-0.2, -0.15) is 5.26 Å². The number of nitrogens with one attached hydrogen (secondary N) is 1. The highest BCUT2D eigenvalue weighted by Crippen LogP contribution is 2.33. The number of aryl methyl sites for hydroxylation is 1. The van der Waals surface area contributed by atoms with Gasteiger partial charge >= 0.3 is 0 Å². The van der Waals surface area contributed by atoms with E-state index >= 15 is 0 Å². The van der Waals surface area contributed by atoms with E-state index in [-0.39, 0.29) is 11.4 Å². The van der Waals surface area contributed by atoms with Crippen LogP contribution < -0.4 is 10.1 Å². The number of ether oxygens (including phenoxy) is 1. The summed E-state index contributed by atoms with van der Waals surface area (Å²) in [6.07, 6.45) is 1.81. The van der Waals surface area contributed by atoms with Gasteiger partial charge in [-0.1, -0.05) is 51.8 Å². The fourth-order valence-corrected chi connectivity index (χ4v) is 4.01. The maximum Gasteiger partial charge on any atom is 0.266 e. The monoisotopic (exact) mass is 526 g/mol. The van der Waals surface area contributed by atoms with Crippen LogP contribution in [-0.2, 0) is 11.2 Å². The molecule has 0 radical (unpaired) electrons. The van der Waals surface area contributed by atoms with Crippen molar-refractivity contribution in [1.82, 2.24) is 0 Å². The fourth-order valence-electron chi connectivity index (χ4n) is 3.24. The quantitative estimate of drug-likeness (QED) is 0.264. The third-order valence-corrected chi connectivity index (χ3v) is 5.87. The van der Waals surface area contributed by atoms with Gasteiger partial charge in [0.2, 0.25) is 0 Å². The fraction of sp³-hybridized carbons (Fsp3) is 0.154. The van der Waals surface area contributed by atoms with Crippen LogP contribution in [0.4, 0.5) is 10.1 Å². The largest absolute Gasteiger partial charge is 0.494 e. The van der Waals surface area contributed by atoms with Crippen molar-refractivity contribution < 1.29 is 13.9 Å². The normalized spacial score (nSPS) is 11.1. The standard InChI is InChI=1S/C26H21BrClFN2O2/c1-3-33-25-12-17(11-22(27)21(25)13-18-6-4-5-7-23(18)29)10-19(15-30)26(32)31-24-14-20(28)9-8-16(24)2/h4-12,14H,3,13H2,1-2H3,(H,31,32)/b19-10+. The molecule has 3 aromatic carbocycles. The molecule has 0 aromatic heterocycles. The molecule has 1 N–H and O–H groups in total. The van der Waals surface area contributed by atoms with Crippen molar-refractivity contribution in [3.05, 3.63) is 97.7 Å². The van der Waals surface area contributed by atoms with Gasteiger partial charge in [0.1, 0.15) is 23.2 Å². The predicted molar refractivity (Wildman–Crippen MR) is 133 cm³/mol. The van der Waals surface area contributed by atoms with E-state index in [1.165, 1.54) is 12.1 Å². The van der Waals surface area contributed by atoms with E-state index in [0.717, 1.165) is 11.1 Å². The Kier molecular flexibility index (Phi) is 8.26. The molecular formula is C26H21BrClFN2O2. The van der Waals surface area contributed by atoms with Gasteiger partial charge in [-0.05, 0) is 66.9 Å². The van der Waals surface area contributed by atoms with Crippen LogP contribution in [0.3, 0.4) is 0 Å². The number of nitriles is 1. The summed E-state index contributed by atoms with van der Waals surface area (Å²) in [5, 5.41) is 12.8. The Balaban J connectivity index is 1.94. The molecule has 7 heteroatoms. The number of hydrogen-bond acceptors (Lipinski definition) is 3. The Morgan fingerprint density at radius 3 is 2.70 bits per heavy atom. The van der Waals surface area contributed by atoms with Gasteiger partial charge in [0.25, 0.3) is 5.91 Å². The summed E-state index contributed by atoms with van der Waals surface area (Å²) in [5.74, 6) is -0.298. The Labute approximate surface area is 205 Å². The van der Waals surface area contributed by atoms with Crippen molar-refractivity contribution in [3.8, 4) is 11.8 Å². The van der Waals surface area contributed by atoms with Gasteiger partial charge in [0.15, 0.2) is 0 Å². The zero-order chi connectivity index (χ0) is 24.0. The summed E-state index contributed by atoms with van der Waals surface area (Å²) in [6, 6.07) is 17.2. The second-order valence-electron chi connectivity index (χ2n) is 7.26. The lowest BCUT2D eigenvalue weighted by atomic mass is 10.0. The first-order valence-electron chi connectivity index (χ1n) is 10.2. The van der Waals surface area contributed by atoms with E-state index in [4.69, 9.17) is 16.3 Å².